The Bertz CT molecular complexity index is 401. The first-order valence-corrected chi connectivity index (χ1v) is 5.52. The van der Waals surface area contributed by atoms with Crippen molar-refractivity contribution in [1.29, 1.82) is 0 Å². The van der Waals surface area contributed by atoms with Gasteiger partial charge in [0.15, 0.2) is 5.78 Å². The molecule has 1 aliphatic heterocycles. The van der Waals surface area contributed by atoms with Crippen LogP contribution in [0.4, 0.5) is 0 Å². The van der Waals surface area contributed by atoms with Crippen molar-refractivity contribution in [3.8, 4) is 0 Å². The van der Waals surface area contributed by atoms with E-state index >= 15 is 0 Å². The summed E-state index contributed by atoms with van der Waals surface area (Å²) in [7, 11) is 0. The summed E-state index contributed by atoms with van der Waals surface area (Å²) >= 11 is 6.10. The zero-order chi connectivity index (χ0) is 11.0. The van der Waals surface area contributed by atoms with Crippen molar-refractivity contribution in [1.82, 2.24) is 4.90 Å². The zero-order valence-corrected chi connectivity index (χ0v) is 9.71. The van der Waals surface area contributed by atoms with Gasteiger partial charge in [0.1, 0.15) is 0 Å². The third-order valence-corrected chi connectivity index (χ3v) is 3.21. The fraction of sp³-hybridized carbons (Fsp3) is 0.417. The molecule has 0 N–H and O–H groups in total. The summed E-state index contributed by atoms with van der Waals surface area (Å²) in [6.45, 7) is 5.47. The lowest BCUT2D eigenvalue weighted by Crippen LogP contribution is -2.39. The van der Waals surface area contributed by atoms with Crippen molar-refractivity contribution < 1.29 is 4.79 Å². The van der Waals surface area contributed by atoms with Gasteiger partial charge in [-0.25, -0.2) is 0 Å². The topological polar surface area (TPSA) is 20.3 Å². The lowest BCUT2D eigenvalue weighted by molar-refractivity contribution is 0.0868. The van der Waals surface area contributed by atoms with Gasteiger partial charge < -0.3 is 0 Å². The fourth-order valence-corrected chi connectivity index (χ4v) is 2.11. The minimum atomic E-state index is 0.174. The van der Waals surface area contributed by atoms with E-state index < -0.39 is 0 Å². The van der Waals surface area contributed by atoms with Crippen molar-refractivity contribution in [3.05, 3.63) is 34.3 Å². The molecule has 2 nitrogen and oxygen atoms in total. The predicted octanol–water partition coefficient (Wildman–Crippen LogP) is 2.75. The third kappa shape index (κ3) is 1.92. The maximum absolute atomic E-state index is 11.9. The smallest absolute Gasteiger partial charge is 0.177 e. The number of ketones is 1. The van der Waals surface area contributed by atoms with Crippen LogP contribution in [0.2, 0.25) is 5.02 Å². The molecular formula is C12H14ClNO. The summed E-state index contributed by atoms with van der Waals surface area (Å²) in [5.74, 6) is 0.174. The Kier molecular flexibility index (Phi) is 2.81. The van der Waals surface area contributed by atoms with E-state index in [0.29, 0.717) is 17.6 Å². The molecule has 1 aromatic carbocycles. The van der Waals surface area contributed by atoms with E-state index in [4.69, 9.17) is 11.6 Å². The lowest BCUT2D eigenvalue weighted by Gasteiger charge is -2.31. The number of hydrogen-bond donors (Lipinski definition) is 0. The van der Waals surface area contributed by atoms with E-state index in [1.807, 2.05) is 18.2 Å². The summed E-state index contributed by atoms with van der Waals surface area (Å²) in [5.41, 5.74) is 1.77. The van der Waals surface area contributed by atoms with Crippen LogP contribution in [-0.4, -0.2) is 23.3 Å². The maximum Gasteiger partial charge on any atom is 0.177 e. The van der Waals surface area contributed by atoms with Crippen molar-refractivity contribution in [3.63, 3.8) is 0 Å². The van der Waals surface area contributed by atoms with Crippen molar-refractivity contribution >= 4 is 17.4 Å². The summed E-state index contributed by atoms with van der Waals surface area (Å²) in [5, 5.41) is 0.700. The van der Waals surface area contributed by atoms with Gasteiger partial charge in [-0.3, -0.25) is 9.69 Å². The Hall–Kier alpha value is -0.860. The SMILES string of the molecule is CC(C)N1CC(=O)c2cccc(Cl)c2C1. The highest BCUT2D eigenvalue weighted by atomic mass is 35.5. The Balaban J connectivity index is 2.42. The highest BCUT2D eigenvalue weighted by Gasteiger charge is 2.25. The third-order valence-electron chi connectivity index (χ3n) is 2.86. The molecule has 0 fully saturated rings. The molecule has 0 spiro atoms. The van der Waals surface area contributed by atoms with Gasteiger partial charge in [-0.05, 0) is 25.5 Å². The van der Waals surface area contributed by atoms with Gasteiger partial charge in [0, 0.05) is 23.2 Å². The monoisotopic (exact) mass is 223 g/mol. The zero-order valence-electron chi connectivity index (χ0n) is 8.96. The van der Waals surface area contributed by atoms with Crippen molar-refractivity contribution in [2.24, 2.45) is 0 Å². The minimum absolute atomic E-state index is 0.174. The average Bonchev–Trinajstić information content (AvgIpc) is 2.19. The number of Topliss-reactive ketones (excluding diaryl/α,β-unsaturated/α-hetero) is 1. The van der Waals surface area contributed by atoms with E-state index in [9.17, 15) is 4.79 Å². The molecule has 0 atom stereocenters. The second-order valence-corrected chi connectivity index (χ2v) is 4.60. The predicted molar refractivity (Wildman–Crippen MR) is 61.3 cm³/mol. The quantitative estimate of drug-likeness (QED) is 0.730. The van der Waals surface area contributed by atoms with Crippen LogP contribution in [0.25, 0.3) is 0 Å². The summed E-state index contributed by atoms with van der Waals surface area (Å²) in [6, 6.07) is 5.92. The Morgan fingerprint density at radius 1 is 1.33 bits per heavy atom. The number of rotatable bonds is 1. The molecule has 3 heteroatoms. The first-order chi connectivity index (χ1) is 7.09. The van der Waals surface area contributed by atoms with Crippen LogP contribution in [0.3, 0.4) is 0 Å². The first-order valence-electron chi connectivity index (χ1n) is 5.14. The molecule has 0 bridgehead atoms. The lowest BCUT2D eigenvalue weighted by atomic mass is 9.98. The molecule has 0 radical (unpaired) electrons. The second-order valence-electron chi connectivity index (χ2n) is 4.19. The molecule has 0 saturated carbocycles. The van der Waals surface area contributed by atoms with Gasteiger partial charge >= 0.3 is 0 Å². The number of benzene rings is 1. The molecule has 1 aliphatic rings. The molecule has 80 valence electrons. The Morgan fingerprint density at radius 2 is 2.07 bits per heavy atom. The molecule has 0 saturated heterocycles. The Labute approximate surface area is 94.8 Å². The van der Waals surface area contributed by atoms with Gasteiger partial charge in [-0.1, -0.05) is 23.7 Å². The molecule has 15 heavy (non-hydrogen) atoms. The van der Waals surface area contributed by atoms with Crippen molar-refractivity contribution in [2.45, 2.75) is 26.4 Å². The number of carbonyl (C=O) groups is 1. The van der Waals surface area contributed by atoms with Gasteiger partial charge in [-0.2, -0.15) is 0 Å². The fourth-order valence-electron chi connectivity index (χ4n) is 1.87. The van der Waals surface area contributed by atoms with Crippen LogP contribution < -0.4 is 0 Å². The van der Waals surface area contributed by atoms with Gasteiger partial charge in [-0.15, -0.1) is 0 Å². The summed E-state index contributed by atoms with van der Waals surface area (Å²) < 4.78 is 0. The highest BCUT2D eigenvalue weighted by Crippen LogP contribution is 2.26. The van der Waals surface area contributed by atoms with Crippen LogP contribution in [-0.2, 0) is 6.54 Å². The van der Waals surface area contributed by atoms with Crippen LogP contribution in [0.1, 0.15) is 29.8 Å². The first kappa shape index (κ1) is 10.7. The van der Waals surface area contributed by atoms with Crippen LogP contribution >= 0.6 is 11.6 Å². The number of nitrogens with zero attached hydrogens (tertiary/aromatic N) is 1. The van der Waals surface area contributed by atoms with Crippen molar-refractivity contribution in [2.75, 3.05) is 6.54 Å². The number of fused-ring (bicyclic) bond motifs is 1. The minimum Gasteiger partial charge on any atom is -0.293 e. The Morgan fingerprint density at radius 3 is 2.73 bits per heavy atom. The summed E-state index contributed by atoms with van der Waals surface area (Å²) in [4.78, 5) is 14.0. The van der Waals surface area contributed by atoms with Gasteiger partial charge in [0.05, 0.1) is 6.54 Å². The second kappa shape index (κ2) is 3.95. The summed E-state index contributed by atoms with van der Waals surface area (Å²) in [6.07, 6.45) is 0. The number of hydrogen-bond acceptors (Lipinski definition) is 2. The standard InChI is InChI=1S/C12H14ClNO/c1-8(2)14-6-10-9(12(15)7-14)4-3-5-11(10)13/h3-5,8H,6-7H2,1-2H3. The van der Waals surface area contributed by atoms with E-state index in [2.05, 4.69) is 18.7 Å². The maximum atomic E-state index is 11.9. The molecule has 1 heterocycles. The molecule has 2 rings (SSSR count). The number of halogens is 1. The molecule has 1 aromatic rings. The number of carbonyl (C=O) groups excluding carboxylic acids is 1. The van der Waals surface area contributed by atoms with Crippen LogP contribution in [0.5, 0.6) is 0 Å². The largest absolute Gasteiger partial charge is 0.293 e. The molecule has 0 unspecified atom stereocenters. The normalized spacial score (nSPS) is 16.9. The van der Waals surface area contributed by atoms with Gasteiger partial charge in [0.25, 0.3) is 0 Å². The van der Waals surface area contributed by atoms with E-state index in [1.54, 1.807) is 0 Å². The van der Waals surface area contributed by atoms with E-state index in [0.717, 1.165) is 17.7 Å². The molecule has 0 aliphatic carbocycles. The van der Waals surface area contributed by atoms with Crippen LogP contribution in [0.15, 0.2) is 18.2 Å². The molecule has 0 aromatic heterocycles. The van der Waals surface area contributed by atoms with Crippen LogP contribution in [0, 0.1) is 0 Å². The molecule has 0 amide bonds. The van der Waals surface area contributed by atoms with Gasteiger partial charge in [0.2, 0.25) is 0 Å². The van der Waals surface area contributed by atoms with E-state index in [1.165, 1.54) is 0 Å². The average molecular weight is 224 g/mol. The highest BCUT2D eigenvalue weighted by molar-refractivity contribution is 6.32. The van der Waals surface area contributed by atoms with E-state index in [-0.39, 0.29) is 5.78 Å². The molecular weight excluding hydrogens is 210 g/mol.